The van der Waals surface area contributed by atoms with Crippen molar-refractivity contribution in [2.24, 2.45) is 0 Å². The zero-order valence-electron chi connectivity index (χ0n) is 8.90. The summed E-state index contributed by atoms with van der Waals surface area (Å²) in [6, 6.07) is 1.36. The van der Waals surface area contributed by atoms with Crippen LogP contribution < -0.4 is 11.1 Å². The first-order valence-corrected chi connectivity index (χ1v) is 5.77. The van der Waals surface area contributed by atoms with Crippen molar-refractivity contribution in [3.05, 3.63) is 34.9 Å². The Bertz CT molecular complexity index is 513. The molecule has 2 rings (SSSR count). The Morgan fingerprint density at radius 1 is 1.47 bits per heavy atom. The monoisotopic (exact) mass is 299 g/mol. The Morgan fingerprint density at radius 2 is 2.29 bits per heavy atom. The molecule has 0 atom stereocenters. The molecule has 0 amide bonds. The summed E-state index contributed by atoms with van der Waals surface area (Å²) < 4.78 is 15.7. The van der Waals surface area contributed by atoms with Crippen molar-refractivity contribution in [3.63, 3.8) is 0 Å². The summed E-state index contributed by atoms with van der Waals surface area (Å²) >= 11 is 3.15. The average molecular weight is 300 g/mol. The maximum Gasteiger partial charge on any atom is 0.166 e. The van der Waals surface area contributed by atoms with Gasteiger partial charge in [0.05, 0.1) is 18.4 Å². The molecule has 5 nitrogen and oxygen atoms in total. The predicted molar refractivity (Wildman–Crippen MR) is 67.0 cm³/mol. The fraction of sp³-hybridized carbons (Fsp3) is 0.200. The van der Waals surface area contributed by atoms with Gasteiger partial charge in [0.1, 0.15) is 0 Å². The van der Waals surface area contributed by atoms with Gasteiger partial charge in [0.25, 0.3) is 0 Å². The van der Waals surface area contributed by atoms with Crippen LogP contribution in [0.4, 0.5) is 15.9 Å². The highest BCUT2D eigenvalue weighted by Gasteiger charge is 2.03. The van der Waals surface area contributed by atoms with Crippen molar-refractivity contribution < 1.29 is 4.39 Å². The van der Waals surface area contributed by atoms with Crippen LogP contribution in [-0.4, -0.2) is 21.3 Å². The minimum Gasteiger partial charge on any atom is -0.396 e. The molecule has 2 aromatic heterocycles. The van der Waals surface area contributed by atoms with Gasteiger partial charge in [0.2, 0.25) is 0 Å². The summed E-state index contributed by atoms with van der Waals surface area (Å²) in [5.74, 6) is -0.160. The molecule has 2 aromatic rings. The first-order chi connectivity index (χ1) is 8.15. The van der Waals surface area contributed by atoms with E-state index in [9.17, 15) is 4.39 Å². The molecule has 0 aromatic carbocycles. The number of nitrogen functional groups attached to an aromatic ring is 1. The quantitative estimate of drug-likeness (QED) is 0.904. The maximum atomic E-state index is 13.4. The van der Waals surface area contributed by atoms with E-state index in [1.54, 1.807) is 17.1 Å². The zero-order valence-corrected chi connectivity index (χ0v) is 10.5. The Hall–Kier alpha value is -1.63. The topological polar surface area (TPSA) is 68.8 Å². The van der Waals surface area contributed by atoms with Crippen LogP contribution in [0.1, 0.15) is 0 Å². The van der Waals surface area contributed by atoms with Gasteiger partial charge in [-0.3, -0.25) is 4.68 Å². The number of hydrogen-bond donors (Lipinski definition) is 2. The molecule has 0 fully saturated rings. The standard InChI is InChI=1S/C10H11BrFN5/c11-7-3-9(12)10(15-4-7)14-1-2-17-6-8(13)5-16-17/h3-6H,1-2,13H2,(H,14,15). The number of anilines is 2. The molecule has 17 heavy (non-hydrogen) atoms. The Kier molecular flexibility index (Phi) is 3.58. The van der Waals surface area contributed by atoms with Gasteiger partial charge in [-0.15, -0.1) is 0 Å². The second-order valence-corrected chi connectivity index (χ2v) is 4.36. The molecular formula is C10H11BrFN5. The van der Waals surface area contributed by atoms with Gasteiger partial charge in [-0.05, 0) is 22.0 Å². The molecule has 7 heteroatoms. The van der Waals surface area contributed by atoms with E-state index < -0.39 is 0 Å². The smallest absolute Gasteiger partial charge is 0.166 e. The number of pyridine rings is 1. The van der Waals surface area contributed by atoms with E-state index in [0.29, 0.717) is 23.2 Å². The van der Waals surface area contributed by atoms with Gasteiger partial charge in [-0.1, -0.05) is 0 Å². The van der Waals surface area contributed by atoms with Gasteiger partial charge in [0.15, 0.2) is 11.6 Å². The highest BCUT2D eigenvalue weighted by atomic mass is 79.9. The normalized spacial score (nSPS) is 10.5. The molecule has 0 saturated heterocycles. The van der Waals surface area contributed by atoms with Crippen molar-refractivity contribution in [2.75, 3.05) is 17.6 Å². The molecule has 0 aliphatic heterocycles. The Labute approximate surface area is 106 Å². The lowest BCUT2D eigenvalue weighted by molar-refractivity contribution is 0.611. The van der Waals surface area contributed by atoms with Gasteiger partial charge in [-0.25, -0.2) is 9.37 Å². The summed E-state index contributed by atoms with van der Waals surface area (Å²) in [6.45, 7) is 1.11. The molecule has 0 spiro atoms. The molecule has 0 aliphatic rings. The molecule has 2 heterocycles. The summed E-state index contributed by atoms with van der Waals surface area (Å²) in [5, 5.41) is 6.90. The minimum atomic E-state index is -0.389. The molecule has 0 unspecified atom stereocenters. The number of rotatable bonds is 4. The van der Waals surface area contributed by atoms with E-state index in [4.69, 9.17) is 5.73 Å². The van der Waals surface area contributed by atoms with Crippen molar-refractivity contribution in [1.82, 2.24) is 14.8 Å². The lowest BCUT2D eigenvalue weighted by atomic mass is 10.4. The number of nitrogens with two attached hydrogens (primary N) is 1. The van der Waals surface area contributed by atoms with Gasteiger partial charge >= 0.3 is 0 Å². The molecule has 0 radical (unpaired) electrons. The van der Waals surface area contributed by atoms with Gasteiger partial charge in [0, 0.05) is 23.4 Å². The SMILES string of the molecule is Nc1cnn(CCNc2ncc(Br)cc2F)c1. The third kappa shape index (κ3) is 3.16. The molecule has 0 aliphatic carbocycles. The molecular weight excluding hydrogens is 289 g/mol. The highest BCUT2D eigenvalue weighted by molar-refractivity contribution is 9.10. The number of hydrogen-bond acceptors (Lipinski definition) is 4. The second-order valence-electron chi connectivity index (χ2n) is 3.45. The molecule has 0 bridgehead atoms. The lowest BCUT2D eigenvalue weighted by Crippen LogP contribution is -2.12. The van der Waals surface area contributed by atoms with Gasteiger partial charge < -0.3 is 11.1 Å². The molecule has 3 N–H and O–H groups in total. The maximum absolute atomic E-state index is 13.4. The van der Waals surface area contributed by atoms with Crippen LogP contribution in [0.2, 0.25) is 0 Å². The predicted octanol–water partition coefficient (Wildman–Crippen LogP) is 1.87. The fourth-order valence-corrected chi connectivity index (χ4v) is 1.64. The summed E-state index contributed by atoms with van der Waals surface area (Å²) in [7, 11) is 0. The number of nitrogens with zero attached hydrogens (tertiary/aromatic N) is 3. The first kappa shape index (κ1) is 11.8. The van der Waals surface area contributed by atoms with Crippen molar-refractivity contribution in [1.29, 1.82) is 0 Å². The van der Waals surface area contributed by atoms with Crippen molar-refractivity contribution in [2.45, 2.75) is 6.54 Å². The second kappa shape index (κ2) is 5.13. The average Bonchev–Trinajstić information content (AvgIpc) is 2.68. The van der Waals surface area contributed by atoms with Crippen LogP contribution in [0.25, 0.3) is 0 Å². The lowest BCUT2D eigenvalue weighted by Gasteiger charge is -2.06. The minimum absolute atomic E-state index is 0.230. The third-order valence-corrected chi connectivity index (χ3v) is 2.53. The first-order valence-electron chi connectivity index (χ1n) is 4.98. The van der Waals surface area contributed by atoms with E-state index in [0.717, 1.165) is 0 Å². The van der Waals surface area contributed by atoms with E-state index >= 15 is 0 Å². The highest BCUT2D eigenvalue weighted by Crippen LogP contribution is 2.15. The van der Waals surface area contributed by atoms with Crippen LogP contribution in [0.5, 0.6) is 0 Å². The zero-order chi connectivity index (χ0) is 12.3. The van der Waals surface area contributed by atoms with Crippen LogP contribution in [-0.2, 0) is 6.54 Å². The van der Waals surface area contributed by atoms with Gasteiger partial charge in [-0.2, -0.15) is 5.10 Å². The van der Waals surface area contributed by atoms with E-state index in [-0.39, 0.29) is 11.6 Å². The van der Waals surface area contributed by atoms with Crippen LogP contribution in [0.3, 0.4) is 0 Å². The summed E-state index contributed by atoms with van der Waals surface area (Å²) in [4.78, 5) is 3.93. The van der Waals surface area contributed by atoms with E-state index in [1.807, 2.05) is 0 Å². The third-order valence-electron chi connectivity index (χ3n) is 2.09. The molecule has 90 valence electrons. The molecule has 0 saturated carbocycles. The number of halogens is 2. The Balaban J connectivity index is 1.90. The largest absolute Gasteiger partial charge is 0.396 e. The van der Waals surface area contributed by atoms with Crippen LogP contribution >= 0.6 is 15.9 Å². The number of aromatic nitrogens is 3. The summed E-state index contributed by atoms with van der Waals surface area (Å²) in [6.07, 6.45) is 4.82. The van der Waals surface area contributed by atoms with Crippen LogP contribution in [0, 0.1) is 5.82 Å². The van der Waals surface area contributed by atoms with Crippen molar-refractivity contribution in [3.8, 4) is 0 Å². The Morgan fingerprint density at radius 3 is 2.94 bits per heavy atom. The fourth-order valence-electron chi connectivity index (χ4n) is 1.34. The van der Waals surface area contributed by atoms with Crippen molar-refractivity contribution >= 4 is 27.4 Å². The van der Waals surface area contributed by atoms with Crippen LogP contribution in [0.15, 0.2) is 29.1 Å². The number of nitrogens with one attached hydrogen (secondary N) is 1. The van der Waals surface area contributed by atoms with E-state index in [1.165, 1.54) is 12.3 Å². The van der Waals surface area contributed by atoms with E-state index in [2.05, 4.69) is 31.3 Å². The summed E-state index contributed by atoms with van der Waals surface area (Å²) in [5.41, 5.74) is 6.13.